The van der Waals surface area contributed by atoms with Gasteiger partial charge >= 0.3 is 5.63 Å². The molecule has 0 radical (unpaired) electrons. The largest absolute Gasteiger partial charge is 0.370 e. The Kier molecular flexibility index (Phi) is 4.92. The average Bonchev–Trinajstić information content (AvgIpc) is 3.01. The van der Waals surface area contributed by atoms with Gasteiger partial charge in [0.05, 0.1) is 11.8 Å². The highest BCUT2D eigenvalue weighted by Crippen LogP contribution is 2.25. The molecule has 26 heavy (non-hydrogen) atoms. The Bertz CT molecular complexity index is 908. The van der Waals surface area contributed by atoms with Gasteiger partial charge in [0.1, 0.15) is 6.67 Å². The summed E-state index contributed by atoms with van der Waals surface area (Å²) in [6.07, 6.45) is 4.46. The fourth-order valence-electron chi connectivity index (χ4n) is 2.85. The maximum Gasteiger partial charge on any atom is 0.365 e. The minimum absolute atomic E-state index is 0.0890. The number of rotatable bonds is 4. The van der Waals surface area contributed by atoms with Crippen molar-refractivity contribution in [2.24, 2.45) is 5.73 Å². The lowest BCUT2D eigenvalue weighted by Gasteiger charge is -2.26. The van der Waals surface area contributed by atoms with Gasteiger partial charge in [-0.05, 0) is 23.1 Å². The van der Waals surface area contributed by atoms with Crippen molar-refractivity contribution in [3.8, 4) is 11.1 Å². The SMILES string of the molecule is CC(=O)NCn1cc(-c2ccc(C3=CCN(C(=N)N)CC3)cc2)c(=O)o1. The monoisotopic (exact) mass is 355 g/mol. The molecule has 0 saturated heterocycles. The predicted octanol–water partition coefficient (Wildman–Crippen LogP) is 1.18. The first-order valence-corrected chi connectivity index (χ1v) is 8.28. The van der Waals surface area contributed by atoms with Gasteiger partial charge in [-0.25, -0.2) is 4.79 Å². The Hall–Kier alpha value is -3.29. The van der Waals surface area contributed by atoms with Gasteiger partial charge in [-0.1, -0.05) is 30.3 Å². The van der Waals surface area contributed by atoms with E-state index in [0.29, 0.717) is 12.1 Å². The summed E-state index contributed by atoms with van der Waals surface area (Å²) < 4.78 is 6.40. The molecule has 1 aliphatic rings. The molecule has 1 aromatic heterocycles. The average molecular weight is 355 g/mol. The van der Waals surface area contributed by atoms with E-state index in [1.807, 2.05) is 24.3 Å². The lowest BCUT2D eigenvalue weighted by molar-refractivity contribution is -0.119. The first-order chi connectivity index (χ1) is 12.4. The number of guanidine groups is 1. The molecule has 2 aromatic rings. The Balaban J connectivity index is 1.75. The summed E-state index contributed by atoms with van der Waals surface area (Å²) in [4.78, 5) is 24.8. The summed E-state index contributed by atoms with van der Waals surface area (Å²) in [5.74, 6) is -0.109. The summed E-state index contributed by atoms with van der Waals surface area (Å²) in [5.41, 5.74) is 8.54. The van der Waals surface area contributed by atoms with Gasteiger partial charge < -0.3 is 20.5 Å². The second-order valence-corrected chi connectivity index (χ2v) is 6.12. The molecule has 0 aliphatic carbocycles. The number of benzene rings is 1. The number of hydrogen-bond acceptors (Lipinski definition) is 4. The molecule has 0 unspecified atom stereocenters. The Morgan fingerprint density at radius 3 is 2.58 bits per heavy atom. The van der Waals surface area contributed by atoms with E-state index >= 15 is 0 Å². The van der Waals surface area contributed by atoms with Crippen LogP contribution in [0, 0.1) is 5.41 Å². The molecule has 1 amide bonds. The molecule has 3 rings (SSSR count). The third kappa shape index (κ3) is 3.85. The maximum atomic E-state index is 12.0. The van der Waals surface area contributed by atoms with E-state index in [2.05, 4.69) is 11.4 Å². The number of amides is 1. The van der Waals surface area contributed by atoms with Gasteiger partial charge in [0.15, 0.2) is 5.96 Å². The molecule has 4 N–H and O–H groups in total. The van der Waals surface area contributed by atoms with Crippen molar-refractivity contribution in [1.29, 1.82) is 5.41 Å². The third-order valence-electron chi connectivity index (χ3n) is 4.29. The smallest absolute Gasteiger partial charge is 0.365 e. The van der Waals surface area contributed by atoms with E-state index in [4.69, 9.17) is 15.7 Å². The van der Waals surface area contributed by atoms with Crippen LogP contribution in [0.5, 0.6) is 0 Å². The molecule has 0 saturated carbocycles. The molecule has 136 valence electrons. The Morgan fingerprint density at radius 2 is 2.00 bits per heavy atom. The van der Waals surface area contributed by atoms with Crippen molar-refractivity contribution in [2.45, 2.75) is 20.0 Å². The van der Waals surface area contributed by atoms with Crippen LogP contribution in [0.1, 0.15) is 18.9 Å². The van der Waals surface area contributed by atoms with Gasteiger partial charge in [-0.2, -0.15) is 4.74 Å². The predicted molar refractivity (Wildman–Crippen MR) is 98.3 cm³/mol. The first-order valence-electron chi connectivity index (χ1n) is 8.28. The molecule has 1 aliphatic heterocycles. The van der Waals surface area contributed by atoms with Gasteiger partial charge in [0, 0.05) is 20.0 Å². The summed E-state index contributed by atoms with van der Waals surface area (Å²) in [6, 6.07) is 7.69. The van der Waals surface area contributed by atoms with Crippen molar-refractivity contribution in [2.75, 3.05) is 13.1 Å². The van der Waals surface area contributed by atoms with Crippen LogP contribution < -0.4 is 16.7 Å². The number of nitrogens with one attached hydrogen (secondary N) is 2. The quantitative estimate of drug-likeness (QED) is 0.562. The summed E-state index contributed by atoms with van der Waals surface area (Å²) in [6.45, 7) is 2.86. The van der Waals surface area contributed by atoms with E-state index in [-0.39, 0.29) is 18.5 Å². The van der Waals surface area contributed by atoms with E-state index < -0.39 is 5.63 Å². The van der Waals surface area contributed by atoms with Crippen molar-refractivity contribution < 1.29 is 9.32 Å². The molecule has 0 spiro atoms. The Morgan fingerprint density at radius 1 is 1.31 bits per heavy atom. The molecule has 8 heteroatoms. The zero-order valence-corrected chi connectivity index (χ0v) is 14.5. The zero-order chi connectivity index (χ0) is 18.7. The number of aromatic nitrogens is 1. The number of carbonyl (C=O) groups excluding carboxylic acids is 1. The fourth-order valence-corrected chi connectivity index (χ4v) is 2.85. The topological polar surface area (TPSA) is 117 Å². The lowest BCUT2D eigenvalue weighted by atomic mass is 9.97. The third-order valence-corrected chi connectivity index (χ3v) is 4.29. The zero-order valence-electron chi connectivity index (χ0n) is 14.5. The summed E-state index contributed by atoms with van der Waals surface area (Å²) >= 11 is 0. The summed E-state index contributed by atoms with van der Waals surface area (Å²) in [7, 11) is 0. The van der Waals surface area contributed by atoms with E-state index in [9.17, 15) is 9.59 Å². The minimum atomic E-state index is -0.447. The molecule has 1 aromatic carbocycles. The van der Waals surface area contributed by atoms with Crippen molar-refractivity contribution in [3.05, 3.63) is 52.5 Å². The van der Waals surface area contributed by atoms with Crippen LogP contribution in [-0.4, -0.2) is 34.6 Å². The number of nitrogens with two attached hydrogens (primary N) is 1. The first kappa shape index (κ1) is 17.5. The van der Waals surface area contributed by atoms with E-state index in [0.717, 1.165) is 24.1 Å². The van der Waals surface area contributed by atoms with Gasteiger partial charge in [0.2, 0.25) is 5.91 Å². The fraction of sp³-hybridized carbons (Fsp3) is 0.278. The van der Waals surface area contributed by atoms with E-state index in [1.165, 1.54) is 17.2 Å². The van der Waals surface area contributed by atoms with Crippen molar-refractivity contribution in [3.63, 3.8) is 0 Å². The maximum absolute atomic E-state index is 12.0. The molecular formula is C18H21N5O3. The second-order valence-electron chi connectivity index (χ2n) is 6.12. The van der Waals surface area contributed by atoms with Crippen LogP contribution in [0.3, 0.4) is 0 Å². The number of carbonyl (C=O) groups is 1. The highest BCUT2D eigenvalue weighted by Gasteiger charge is 2.14. The molecular weight excluding hydrogens is 334 g/mol. The number of nitrogens with zero attached hydrogens (tertiary/aromatic N) is 2. The normalized spacial score (nSPS) is 14.0. The summed E-state index contributed by atoms with van der Waals surface area (Å²) in [5, 5.41) is 10.0. The van der Waals surface area contributed by atoms with E-state index in [1.54, 1.807) is 11.1 Å². The molecule has 2 heterocycles. The molecule has 0 atom stereocenters. The standard InChI is InChI=1S/C18H21N5O3/c1-12(24)21-11-23-10-16(17(25)26-23)15-4-2-13(3-5-15)14-6-8-22(9-7-14)18(19)20/h2-6,10H,7-9,11H2,1H3,(H3,19,20)(H,21,24). The second kappa shape index (κ2) is 7.30. The van der Waals surface area contributed by atoms with Crippen LogP contribution in [0.25, 0.3) is 16.7 Å². The van der Waals surface area contributed by atoms with Gasteiger partial charge in [-0.15, -0.1) is 0 Å². The van der Waals surface area contributed by atoms with Crippen LogP contribution in [0.4, 0.5) is 0 Å². The Labute approximate surface area is 150 Å². The number of hydrogen-bond donors (Lipinski definition) is 3. The van der Waals surface area contributed by atoms with Crippen LogP contribution >= 0.6 is 0 Å². The van der Waals surface area contributed by atoms with Crippen molar-refractivity contribution in [1.82, 2.24) is 15.0 Å². The highest BCUT2D eigenvalue weighted by atomic mass is 16.5. The lowest BCUT2D eigenvalue weighted by Crippen LogP contribution is -2.39. The molecule has 8 nitrogen and oxygen atoms in total. The van der Waals surface area contributed by atoms with Gasteiger partial charge in [-0.3, -0.25) is 10.2 Å². The molecule has 0 bridgehead atoms. The molecule has 0 fully saturated rings. The minimum Gasteiger partial charge on any atom is -0.370 e. The van der Waals surface area contributed by atoms with Crippen LogP contribution in [0.15, 0.2) is 45.9 Å². The van der Waals surface area contributed by atoms with Crippen LogP contribution in [0.2, 0.25) is 0 Å². The van der Waals surface area contributed by atoms with Crippen LogP contribution in [-0.2, 0) is 11.5 Å². The van der Waals surface area contributed by atoms with Crippen molar-refractivity contribution >= 4 is 17.4 Å². The highest BCUT2D eigenvalue weighted by molar-refractivity contribution is 5.77. The van der Waals surface area contributed by atoms with Gasteiger partial charge in [0.25, 0.3) is 0 Å².